The van der Waals surface area contributed by atoms with E-state index in [0.29, 0.717) is 0 Å². The zero-order valence-electron chi connectivity index (χ0n) is 30.9. The normalized spacial score (nSPS) is 27.2. The maximum atomic E-state index is 7.13. The quantitative estimate of drug-likeness (QED) is 0.153. The number of hydrogen-bond acceptors (Lipinski definition) is 3. The molecule has 252 valence electrons. The van der Waals surface area contributed by atoms with Crippen molar-refractivity contribution in [1.82, 2.24) is 0 Å². The number of fused-ring (bicyclic) bond motifs is 16. The van der Waals surface area contributed by atoms with Crippen LogP contribution in [0.3, 0.4) is 0 Å². The number of hydrogen-bond donors (Lipinski definition) is 0. The molecule has 12 rings (SSSR count). The van der Waals surface area contributed by atoms with E-state index >= 15 is 0 Å². The van der Waals surface area contributed by atoms with Gasteiger partial charge in [0.25, 0.3) is 0 Å². The Labute approximate surface area is 302 Å². The average molecular weight is 665 g/mol. The van der Waals surface area contributed by atoms with Gasteiger partial charge in [0.15, 0.2) is 6.23 Å². The third kappa shape index (κ3) is 3.08. The summed E-state index contributed by atoms with van der Waals surface area (Å²) >= 11 is 0. The fraction of sp³-hybridized carbons (Fsp3) is 0.362. The van der Waals surface area contributed by atoms with Gasteiger partial charge in [-0.2, -0.15) is 0 Å². The summed E-state index contributed by atoms with van der Waals surface area (Å²) in [5.41, 5.74) is 21.6. The Bertz CT molecular complexity index is 2450. The van der Waals surface area contributed by atoms with E-state index in [-0.39, 0.29) is 40.8 Å². The number of ether oxygens (including phenoxy) is 1. The van der Waals surface area contributed by atoms with Crippen molar-refractivity contribution in [3.8, 4) is 28.0 Å². The number of nitrogens with zero attached hydrogens (tertiary/aromatic N) is 2. The molecule has 5 heterocycles. The zero-order valence-corrected chi connectivity index (χ0v) is 30.9. The summed E-state index contributed by atoms with van der Waals surface area (Å²) < 4.78 is 7.13. The summed E-state index contributed by atoms with van der Waals surface area (Å²) in [6.07, 6.45) is 4.90. The van der Waals surface area contributed by atoms with Gasteiger partial charge in [-0.3, -0.25) is 0 Å². The number of anilines is 3. The Balaban J connectivity index is 1.27. The van der Waals surface area contributed by atoms with Crippen LogP contribution in [0.5, 0.6) is 5.75 Å². The van der Waals surface area contributed by atoms with Gasteiger partial charge in [-0.25, -0.2) is 0 Å². The molecule has 2 aliphatic carbocycles. The van der Waals surface area contributed by atoms with E-state index in [1.807, 2.05) is 0 Å². The Morgan fingerprint density at radius 1 is 0.706 bits per heavy atom. The predicted molar refractivity (Wildman–Crippen MR) is 211 cm³/mol. The predicted octanol–water partition coefficient (Wildman–Crippen LogP) is 9.80. The highest BCUT2D eigenvalue weighted by atomic mass is 16.5. The van der Waals surface area contributed by atoms with Crippen molar-refractivity contribution in [1.29, 1.82) is 0 Å². The minimum absolute atomic E-state index is 0.0242. The Hall–Kier alpha value is -4.44. The van der Waals surface area contributed by atoms with E-state index in [0.717, 1.165) is 5.75 Å². The highest BCUT2D eigenvalue weighted by Gasteiger charge is 2.65. The van der Waals surface area contributed by atoms with E-state index in [1.165, 1.54) is 104 Å². The van der Waals surface area contributed by atoms with Crippen LogP contribution in [0.15, 0.2) is 84.9 Å². The lowest BCUT2D eigenvalue weighted by Crippen LogP contribution is -2.68. The van der Waals surface area contributed by atoms with Gasteiger partial charge >= 0.3 is 6.85 Å². The topological polar surface area (TPSA) is 15.7 Å². The largest absolute Gasteiger partial charge is 0.470 e. The van der Waals surface area contributed by atoms with Gasteiger partial charge < -0.3 is 14.4 Å². The summed E-state index contributed by atoms with van der Waals surface area (Å²) in [5.74, 6) is 1.23. The van der Waals surface area contributed by atoms with Crippen LogP contribution in [0.4, 0.5) is 17.1 Å². The van der Waals surface area contributed by atoms with Crippen LogP contribution in [-0.2, 0) is 16.2 Å². The Morgan fingerprint density at radius 3 is 2.29 bits per heavy atom. The molecule has 0 bridgehead atoms. The smallest absolute Gasteiger partial charge is 0.331 e. The molecule has 7 aliphatic rings. The van der Waals surface area contributed by atoms with Crippen molar-refractivity contribution in [3.63, 3.8) is 0 Å². The average Bonchev–Trinajstić information content (AvgIpc) is 3.78. The lowest BCUT2D eigenvalue weighted by molar-refractivity contribution is 0.194. The van der Waals surface area contributed by atoms with Crippen molar-refractivity contribution in [2.45, 2.75) is 108 Å². The molecule has 0 N–H and O–H groups in total. The first-order chi connectivity index (χ1) is 24.4. The van der Waals surface area contributed by atoms with Gasteiger partial charge in [0.1, 0.15) is 5.75 Å². The van der Waals surface area contributed by atoms with E-state index in [2.05, 4.69) is 143 Å². The highest BCUT2D eigenvalue weighted by molar-refractivity contribution is 6.93. The standard InChI is InChI=1S/C47H45BN2O/c1-44(2,3)26-23-34-41-35(24-26)48-39-32(28-17-14-18-30-37-29-16-9-11-20-36(29)51-43(37)50(48)40(28)30)25-31-27-15-8-10-19-33(27)45(4,5)38(31)42(39)49(41)47(7)22-13-12-21-46(34,47)6/h8-11,14-20,23-25,37,43H,12-13,21-22H2,1-7H3. The first-order valence-corrected chi connectivity index (χ1v) is 19.4. The molecule has 51 heavy (non-hydrogen) atoms. The lowest BCUT2D eigenvalue weighted by Gasteiger charge is -2.54. The van der Waals surface area contributed by atoms with Crippen molar-refractivity contribution in [2.24, 2.45) is 0 Å². The zero-order chi connectivity index (χ0) is 34.6. The molecular weight excluding hydrogens is 619 g/mol. The third-order valence-electron chi connectivity index (χ3n) is 15.0. The van der Waals surface area contributed by atoms with Crippen LogP contribution < -0.4 is 25.4 Å². The summed E-state index contributed by atoms with van der Waals surface area (Å²) in [6, 6.07) is 33.1. The molecule has 4 unspecified atom stereocenters. The molecule has 5 aliphatic heterocycles. The maximum absolute atomic E-state index is 7.13. The summed E-state index contributed by atoms with van der Waals surface area (Å²) in [6.45, 7) is 17.5. The minimum Gasteiger partial charge on any atom is -0.470 e. The Morgan fingerprint density at radius 2 is 1.45 bits per heavy atom. The molecule has 1 saturated carbocycles. The van der Waals surface area contributed by atoms with Crippen molar-refractivity contribution in [3.05, 3.63) is 118 Å². The molecular formula is C47H45BN2O. The molecule has 0 spiro atoms. The van der Waals surface area contributed by atoms with Crippen molar-refractivity contribution < 1.29 is 4.74 Å². The Kier molecular flexibility index (Phi) is 5.02. The first-order valence-electron chi connectivity index (χ1n) is 19.4. The van der Waals surface area contributed by atoms with Gasteiger partial charge in [0.2, 0.25) is 0 Å². The molecule has 0 amide bonds. The maximum Gasteiger partial charge on any atom is 0.331 e. The summed E-state index contributed by atoms with van der Waals surface area (Å²) in [4.78, 5) is 5.71. The van der Waals surface area contributed by atoms with Gasteiger partial charge in [0, 0.05) is 39.0 Å². The van der Waals surface area contributed by atoms with Crippen LogP contribution in [0.1, 0.15) is 113 Å². The van der Waals surface area contributed by atoms with Crippen LogP contribution in [0.25, 0.3) is 22.3 Å². The van der Waals surface area contributed by atoms with Crippen LogP contribution in [-0.4, -0.2) is 18.6 Å². The second-order valence-corrected chi connectivity index (χ2v) is 18.7. The van der Waals surface area contributed by atoms with E-state index in [4.69, 9.17) is 4.74 Å². The summed E-state index contributed by atoms with van der Waals surface area (Å²) in [5, 5.41) is 0. The number of benzene rings is 5. The molecule has 0 aromatic heterocycles. The van der Waals surface area contributed by atoms with Gasteiger partial charge in [0.05, 0.1) is 11.5 Å². The first kappa shape index (κ1) is 29.2. The number of rotatable bonds is 0. The van der Waals surface area contributed by atoms with Crippen molar-refractivity contribution in [2.75, 3.05) is 9.71 Å². The molecule has 5 aromatic carbocycles. The van der Waals surface area contributed by atoms with Crippen LogP contribution in [0.2, 0.25) is 0 Å². The number of para-hydroxylation sites is 2. The fourth-order valence-corrected chi connectivity index (χ4v) is 12.4. The van der Waals surface area contributed by atoms with E-state index in [9.17, 15) is 0 Å². The molecule has 4 atom stereocenters. The lowest BCUT2D eigenvalue weighted by atomic mass is 9.42. The monoisotopic (exact) mass is 664 g/mol. The SMILES string of the molecule is CC(C)(C)c1cc2c3c(c1)C1(C)CCCCC1(C)N3c1c3c(cc4c1C(C)(C)c1ccccc1-4)-c1cccc4c1N(B23)C1Oc2ccccc2C41. The molecule has 0 radical (unpaired) electrons. The second kappa shape index (κ2) is 8.77. The van der Waals surface area contributed by atoms with E-state index in [1.54, 1.807) is 5.56 Å². The molecule has 3 nitrogen and oxygen atoms in total. The highest BCUT2D eigenvalue weighted by Crippen LogP contribution is 2.66. The molecule has 1 fully saturated rings. The minimum atomic E-state index is -0.135. The second-order valence-electron chi connectivity index (χ2n) is 18.7. The molecule has 5 aromatic rings. The van der Waals surface area contributed by atoms with E-state index < -0.39 is 0 Å². The molecule has 0 saturated heterocycles. The summed E-state index contributed by atoms with van der Waals surface area (Å²) in [7, 11) is 0. The van der Waals surface area contributed by atoms with Crippen molar-refractivity contribution >= 4 is 34.8 Å². The molecule has 4 heteroatoms. The fourth-order valence-electron chi connectivity index (χ4n) is 12.4. The van der Waals surface area contributed by atoms with Crippen LogP contribution in [0, 0.1) is 0 Å². The van der Waals surface area contributed by atoms with Gasteiger partial charge in [-0.1, -0.05) is 127 Å². The third-order valence-corrected chi connectivity index (χ3v) is 15.0. The van der Waals surface area contributed by atoms with Gasteiger partial charge in [-0.05, 0) is 92.7 Å². The van der Waals surface area contributed by atoms with Gasteiger partial charge in [-0.15, -0.1) is 0 Å². The van der Waals surface area contributed by atoms with Crippen LogP contribution >= 0.6 is 0 Å².